The van der Waals surface area contributed by atoms with Gasteiger partial charge in [-0.25, -0.2) is 0 Å². The van der Waals surface area contributed by atoms with E-state index in [2.05, 4.69) is 4.98 Å². The molecule has 1 aliphatic heterocycles. The first-order valence-electron chi connectivity index (χ1n) is 6.20. The number of nitrogens with two attached hydrogens (primary N) is 1. The van der Waals surface area contributed by atoms with E-state index >= 15 is 0 Å². The van der Waals surface area contributed by atoms with Gasteiger partial charge in [0.25, 0.3) is 0 Å². The third kappa shape index (κ3) is 3.73. The first-order chi connectivity index (χ1) is 8.77. The molecule has 2 rings (SSSR count). The van der Waals surface area contributed by atoms with E-state index in [1.165, 1.54) is 6.42 Å². The minimum Gasteiger partial charge on any atom is -0.388 e. The molecule has 0 radical (unpaired) electrons. The van der Waals surface area contributed by atoms with Crippen LogP contribution in [0.15, 0.2) is 18.3 Å². The molecule has 0 saturated carbocycles. The summed E-state index contributed by atoms with van der Waals surface area (Å²) < 4.78 is 11.3. The SMILES string of the molecule is NC(=S)c1ncccc1COCC1CCCCO1. The molecule has 1 unspecified atom stereocenters. The molecule has 4 nitrogen and oxygen atoms in total. The lowest BCUT2D eigenvalue weighted by Crippen LogP contribution is -2.24. The van der Waals surface area contributed by atoms with Crippen LogP contribution in [0.2, 0.25) is 0 Å². The van der Waals surface area contributed by atoms with Crippen molar-refractivity contribution in [2.75, 3.05) is 13.2 Å². The van der Waals surface area contributed by atoms with Crippen molar-refractivity contribution in [2.24, 2.45) is 5.73 Å². The number of aromatic nitrogens is 1. The van der Waals surface area contributed by atoms with Gasteiger partial charge in [-0.05, 0) is 25.3 Å². The number of nitrogens with zero attached hydrogens (tertiary/aromatic N) is 1. The lowest BCUT2D eigenvalue weighted by atomic mass is 10.1. The van der Waals surface area contributed by atoms with Crippen molar-refractivity contribution in [3.8, 4) is 0 Å². The highest BCUT2D eigenvalue weighted by Gasteiger charge is 2.14. The molecule has 98 valence electrons. The minimum atomic E-state index is 0.226. The molecule has 0 bridgehead atoms. The van der Waals surface area contributed by atoms with Crippen LogP contribution in [0.5, 0.6) is 0 Å². The molecular weight excluding hydrogens is 248 g/mol. The Bertz CT molecular complexity index is 406. The van der Waals surface area contributed by atoms with Crippen LogP contribution in [0.3, 0.4) is 0 Å². The van der Waals surface area contributed by atoms with Crippen LogP contribution in [0.25, 0.3) is 0 Å². The van der Waals surface area contributed by atoms with Crippen molar-refractivity contribution in [2.45, 2.75) is 32.0 Å². The van der Waals surface area contributed by atoms with Gasteiger partial charge < -0.3 is 15.2 Å². The maximum absolute atomic E-state index is 5.67. The zero-order chi connectivity index (χ0) is 12.8. The standard InChI is InChI=1S/C13H18N2O2S/c14-13(18)12-10(4-3-6-15-12)8-16-9-11-5-1-2-7-17-11/h3-4,6,11H,1-2,5,7-9H2,(H2,14,18). The summed E-state index contributed by atoms with van der Waals surface area (Å²) in [5.41, 5.74) is 7.20. The first-order valence-corrected chi connectivity index (χ1v) is 6.61. The summed E-state index contributed by atoms with van der Waals surface area (Å²) in [6.07, 6.45) is 5.37. The topological polar surface area (TPSA) is 57.4 Å². The van der Waals surface area contributed by atoms with E-state index < -0.39 is 0 Å². The molecule has 1 aromatic rings. The second-order valence-electron chi connectivity index (χ2n) is 4.38. The molecule has 0 amide bonds. The number of ether oxygens (including phenoxy) is 2. The summed E-state index contributed by atoms with van der Waals surface area (Å²) in [6.45, 7) is 1.94. The van der Waals surface area contributed by atoms with Crippen LogP contribution in [-0.2, 0) is 16.1 Å². The number of rotatable bonds is 5. The number of hydrogen-bond acceptors (Lipinski definition) is 4. The summed E-state index contributed by atoms with van der Waals surface area (Å²) in [6, 6.07) is 3.79. The Kier molecular flexibility index (Phi) is 5.04. The van der Waals surface area contributed by atoms with E-state index in [0.29, 0.717) is 23.9 Å². The molecule has 2 heterocycles. The molecule has 5 heteroatoms. The Balaban J connectivity index is 1.84. The van der Waals surface area contributed by atoms with Crippen molar-refractivity contribution in [1.82, 2.24) is 4.98 Å². The Morgan fingerprint density at radius 2 is 2.44 bits per heavy atom. The van der Waals surface area contributed by atoms with E-state index in [1.807, 2.05) is 12.1 Å². The van der Waals surface area contributed by atoms with Gasteiger partial charge in [0.05, 0.1) is 19.3 Å². The van der Waals surface area contributed by atoms with Crippen molar-refractivity contribution in [3.63, 3.8) is 0 Å². The van der Waals surface area contributed by atoms with Crippen molar-refractivity contribution >= 4 is 17.2 Å². The highest BCUT2D eigenvalue weighted by molar-refractivity contribution is 7.80. The van der Waals surface area contributed by atoms with E-state index in [1.54, 1.807) is 6.20 Å². The second kappa shape index (κ2) is 6.78. The number of pyridine rings is 1. The highest BCUT2D eigenvalue weighted by atomic mass is 32.1. The average molecular weight is 266 g/mol. The van der Waals surface area contributed by atoms with Gasteiger partial charge in [-0.1, -0.05) is 18.3 Å². The Morgan fingerprint density at radius 1 is 1.56 bits per heavy atom. The van der Waals surface area contributed by atoms with E-state index in [9.17, 15) is 0 Å². The lowest BCUT2D eigenvalue weighted by molar-refractivity contribution is -0.0448. The monoisotopic (exact) mass is 266 g/mol. The zero-order valence-corrected chi connectivity index (χ0v) is 11.1. The third-order valence-electron chi connectivity index (χ3n) is 2.96. The van der Waals surface area contributed by atoms with Gasteiger partial charge in [-0.3, -0.25) is 4.98 Å². The van der Waals surface area contributed by atoms with Crippen molar-refractivity contribution in [3.05, 3.63) is 29.6 Å². The number of hydrogen-bond donors (Lipinski definition) is 1. The minimum absolute atomic E-state index is 0.226. The van der Waals surface area contributed by atoms with Gasteiger partial charge in [0.2, 0.25) is 0 Å². The normalized spacial score (nSPS) is 19.7. The quantitative estimate of drug-likeness (QED) is 0.824. The molecule has 18 heavy (non-hydrogen) atoms. The molecule has 1 fully saturated rings. The van der Waals surface area contributed by atoms with Gasteiger partial charge in [0.15, 0.2) is 0 Å². The second-order valence-corrected chi connectivity index (χ2v) is 4.82. The molecule has 1 atom stereocenters. The van der Waals surface area contributed by atoms with Crippen molar-refractivity contribution < 1.29 is 9.47 Å². The third-order valence-corrected chi connectivity index (χ3v) is 3.15. The van der Waals surface area contributed by atoms with Crippen LogP contribution in [0.1, 0.15) is 30.5 Å². The summed E-state index contributed by atoms with van der Waals surface area (Å²) in [5, 5.41) is 0. The number of thiocarbonyl (C=S) groups is 1. The lowest BCUT2D eigenvalue weighted by Gasteiger charge is -2.22. The molecule has 0 aromatic carbocycles. The Hall–Kier alpha value is -1.04. The molecule has 1 aromatic heterocycles. The van der Waals surface area contributed by atoms with E-state index in [4.69, 9.17) is 27.4 Å². The van der Waals surface area contributed by atoms with Crippen LogP contribution < -0.4 is 5.73 Å². The Morgan fingerprint density at radius 3 is 3.17 bits per heavy atom. The first kappa shape index (κ1) is 13.4. The summed E-state index contributed by atoms with van der Waals surface area (Å²) in [7, 11) is 0. The van der Waals surface area contributed by atoms with Crippen LogP contribution in [-0.4, -0.2) is 29.3 Å². The van der Waals surface area contributed by atoms with Crippen molar-refractivity contribution in [1.29, 1.82) is 0 Å². The maximum Gasteiger partial charge on any atom is 0.123 e. The maximum atomic E-state index is 5.67. The van der Waals surface area contributed by atoms with Gasteiger partial charge in [-0.2, -0.15) is 0 Å². The smallest absolute Gasteiger partial charge is 0.123 e. The van der Waals surface area contributed by atoms with E-state index in [0.717, 1.165) is 25.0 Å². The van der Waals surface area contributed by atoms with Gasteiger partial charge in [0, 0.05) is 18.4 Å². The van der Waals surface area contributed by atoms with Crippen LogP contribution in [0.4, 0.5) is 0 Å². The fourth-order valence-corrected chi connectivity index (χ4v) is 2.20. The summed E-state index contributed by atoms with van der Waals surface area (Å²) in [5.74, 6) is 0. The fourth-order valence-electron chi connectivity index (χ4n) is 2.02. The van der Waals surface area contributed by atoms with Gasteiger partial charge in [0.1, 0.15) is 10.7 Å². The van der Waals surface area contributed by atoms with Gasteiger partial charge >= 0.3 is 0 Å². The zero-order valence-electron chi connectivity index (χ0n) is 10.3. The molecule has 1 aliphatic rings. The molecule has 0 aliphatic carbocycles. The van der Waals surface area contributed by atoms with Gasteiger partial charge in [-0.15, -0.1) is 0 Å². The average Bonchev–Trinajstić information content (AvgIpc) is 2.40. The molecular formula is C13H18N2O2S. The predicted molar refractivity (Wildman–Crippen MR) is 73.4 cm³/mol. The van der Waals surface area contributed by atoms with Crippen LogP contribution in [0, 0.1) is 0 Å². The molecule has 0 spiro atoms. The molecule has 2 N–H and O–H groups in total. The molecule has 1 saturated heterocycles. The Labute approximate surface area is 112 Å². The predicted octanol–water partition coefficient (Wildman–Crippen LogP) is 1.80. The van der Waals surface area contributed by atoms with Crippen LogP contribution >= 0.6 is 12.2 Å². The largest absolute Gasteiger partial charge is 0.388 e. The summed E-state index contributed by atoms with van der Waals surface area (Å²) in [4.78, 5) is 4.47. The van der Waals surface area contributed by atoms with E-state index in [-0.39, 0.29) is 6.10 Å². The fraction of sp³-hybridized carbons (Fsp3) is 0.538. The highest BCUT2D eigenvalue weighted by Crippen LogP contribution is 2.14. The summed E-state index contributed by atoms with van der Waals surface area (Å²) >= 11 is 4.96.